The molecule has 6 nitrogen and oxygen atoms in total. The standard InChI is InChI=1S/C14H23N5OS/c1-10-12(13(15)21)14(18(2)17-10)16-7-6-11(20)19-8-4-3-5-9-19/h16H,3-9H2,1-2H3,(H2,15,21). The first-order chi connectivity index (χ1) is 10.0. The van der Waals surface area contributed by atoms with E-state index in [2.05, 4.69) is 10.4 Å². The molecule has 0 radical (unpaired) electrons. The van der Waals surface area contributed by atoms with Gasteiger partial charge in [0.05, 0.1) is 11.3 Å². The molecule has 1 amide bonds. The van der Waals surface area contributed by atoms with Gasteiger partial charge in [-0.05, 0) is 26.2 Å². The maximum absolute atomic E-state index is 12.1. The monoisotopic (exact) mass is 309 g/mol. The van der Waals surface area contributed by atoms with Crippen molar-refractivity contribution in [1.29, 1.82) is 0 Å². The zero-order chi connectivity index (χ0) is 15.4. The Bertz CT molecular complexity index is 534. The molecule has 0 bridgehead atoms. The highest BCUT2D eigenvalue weighted by molar-refractivity contribution is 7.80. The number of aromatic nitrogens is 2. The first-order valence-corrected chi connectivity index (χ1v) is 7.76. The van der Waals surface area contributed by atoms with E-state index in [9.17, 15) is 4.79 Å². The summed E-state index contributed by atoms with van der Waals surface area (Å²) in [5.74, 6) is 0.990. The fourth-order valence-corrected chi connectivity index (χ4v) is 2.99. The van der Waals surface area contributed by atoms with Crippen LogP contribution in [0.5, 0.6) is 0 Å². The Kier molecular flexibility index (Phi) is 5.17. The predicted molar refractivity (Wildman–Crippen MR) is 87.4 cm³/mol. The van der Waals surface area contributed by atoms with E-state index in [1.807, 2.05) is 18.9 Å². The van der Waals surface area contributed by atoms with E-state index in [0.717, 1.165) is 43.0 Å². The van der Waals surface area contributed by atoms with Crippen molar-refractivity contribution in [2.24, 2.45) is 12.8 Å². The highest BCUT2D eigenvalue weighted by Crippen LogP contribution is 2.18. The van der Waals surface area contributed by atoms with Crippen molar-refractivity contribution in [1.82, 2.24) is 14.7 Å². The lowest BCUT2D eigenvalue weighted by Crippen LogP contribution is -2.36. The molecule has 0 aromatic carbocycles. The Morgan fingerprint density at radius 2 is 2.05 bits per heavy atom. The van der Waals surface area contributed by atoms with Gasteiger partial charge in [0.1, 0.15) is 10.8 Å². The zero-order valence-electron chi connectivity index (χ0n) is 12.7. The van der Waals surface area contributed by atoms with Crippen molar-refractivity contribution in [2.45, 2.75) is 32.6 Å². The molecule has 2 heterocycles. The van der Waals surface area contributed by atoms with Crippen LogP contribution in [0.1, 0.15) is 36.9 Å². The van der Waals surface area contributed by atoms with Gasteiger partial charge in [-0.2, -0.15) is 5.10 Å². The van der Waals surface area contributed by atoms with Gasteiger partial charge in [0, 0.05) is 33.1 Å². The van der Waals surface area contributed by atoms with E-state index < -0.39 is 0 Å². The van der Waals surface area contributed by atoms with Gasteiger partial charge < -0.3 is 16.0 Å². The first-order valence-electron chi connectivity index (χ1n) is 7.35. The minimum atomic E-state index is 0.206. The number of amides is 1. The van der Waals surface area contributed by atoms with Crippen LogP contribution in [0, 0.1) is 6.92 Å². The Morgan fingerprint density at radius 1 is 1.38 bits per heavy atom. The number of carbonyl (C=O) groups excluding carboxylic acids is 1. The van der Waals surface area contributed by atoms with Crippen molar-refractivity contribution in [2.75, 3.05) is 25.0 Å². The zero-order valence-corrected chi connectivity index (χ0v) is 13.5. The Labute approximate surface area is 130 Å². The molecule has 2 rings (SSSR count). The molecule has 1 aromatic rings. The second-order valence-electron chi connectivity index (χ2n) is 5.42. The second-order valence-corrected chi connectivity index (χ2v) is 5.85. The largest absolute Gasteiger partial charge is 0.389 e. The van der Waals surface area contributed by atoms with Gasteiger partial charge >= 0.3 is 0 Å². The summed E-state index contributed by atoms with van der Waals surface area (Å²) in [7, 11) is 1.84. The topological polar surface area (TPSA) is 76.2 Å². The molecule has 0 spiro atoms. The highest BCUT2D eigenvalue weighted by Gasteiger charge is 2.18. The molecule has 3 N–H and O–H groups in total. The number of hydrogen-bond donors (Lipinski definition) is 2. The van der Waals surface area contributed by atoms with Crippen LogP contribution in [-0.4, -0.2) is 45.2 Å². The van der Waals surface area contributed by atoms with E-state index in [1.54, 1.807) is 4.68 Å². The molecule has 116 valence electrons. The molecule has 7 heteroatoms. The van der Waals surface area contributed by atoms with E-state index in [-0.39, 0.29) is 5.91 Å². The van der Waals surface area contributed by atoms with Crippen LogP contribution in [0.2, 0.25) is 0 Å². The average molecular weight is 309 g/mol. The lowest BCUT2D eigenvalue weighted by molar-refractivity contribution is -0.131. The average Bonchev–Trinajstić information content (AvgIpc) is 2.74. The predicted octanol–water partition coefficient (Wildman–Crippen LogP) is 1.18. The quantitative estimate of drug-likeness (QED) is 0.799. The van der Waals surface area contributed by atoms with Gasteiger partial charge in [-0.15, -0.1) is 0 Å². The summed E-state index contributed by atoms with van der Waals surface area (Å²) in [6.45, 7) is 4.21. The molecule has 1 aliphatic rings. The van der Waals surface area contributed by atoms with Crippen LogP contribution in [0.3, 0.4) is 0 Å². The normalized spacial score (nSPS) is 15.0. The summed E-state index contributed by atoms with van der Waals surface area (Å²) < 4.78 is 1.72. The molecule has 21 heavy (non-hydrogen) atoms. The molecule has 1 aromatic heterocycles. The van der Waals surface area contributed by atoms with Crippen molar-refractivity contribution in [3.63, 3.8) is 0 Å². The number of piperidine rings is 1. The molecule has 1 fully saturated rings. The SMILES string of the molecule is Cc1nn(C)c(NCCC(=O)N2CCCCC2)c1C(N)=S. The minimum Gasteiger partial charge on any atom is -0.389 e. The van der Waals surface area contributed by atoms with E-state index in [0.29, 0.717) is 18.0 Å². The fourth-order valence-electron chi connectivity index (χ4n) is 2.75. The molecule has 0 aliphatic carbocycles. The molecular weight excluding hydrogens is 286 g/mol. The maximum Gasteiger partial charge on any atom is 0.224 e. The minimum absolute atomic E-state index is 0.206. The van der Waals surface area contributed by atoms with Crippen LogP contribution >= 0.6 is 12.2 Å². The number of nitrogens with zero attached hydrogens (tertiary/aromatic N) is 3. The number of thiocarbonyl (C=S) groups is 1. The summed E-state index contributed by atoms with van der Waals surface area (Å²) in [6.07, 6.45) is 3.94. The van der Waals surface area contributed by atoms with Crippen LogP contribution in [-0.2, 0) is 11.8 Å². The third kappa shape index (κ3) is 3.72. The number of rotatable bonds is 5. The number of carbonyl (C=O) groups is 1. The lowest BCUT2D eigenvalue weighted by Gasteiger charge is -2.26. The summed E-state index contributed by atoms with van der Waals surface area (Å²) in [6, 6.07) is 0. The smallest absolute Gasteiger partial charge is 0.224 e. The number of likely N-dealkylation sites (tertiary alicyclic amines) is 1. The number of aryl methyl sites for hydroxylation is 2. The van der Waals surface area contributed by atoms with Gasteiger partial charge in [0.15, 0.2) is 0 Å². The lowest BCUT2D eigenvalue weighted by atomic mass is 10.1. The van der Waals surface area contributed by atoms with Gasteiger partial charge in [-0.1, -0.05) is 12.2 Å². The number of anilines is 1. The first kappa shape index (κ1) is 15.8. The molecule has 0 saturated carbocycles. The van der Waals surface area contributed by atoms with Crippen LogP contribution in [0.4, 0.5) is 5.82 Å². The van der Waals surface area contributed by atoms with Gasteiger partial charge in [-0.3, -0.25) is 9.48 Å². The molecular formula is C14H23N5OS. The van der Waals surface area contributed by atoms with Crippen LogP contribution < -0.4 is 11.1 Å². The third-order valence-corrected chi connectivity index (χ3v) is 4.01. The highest BCUT2D eigenvalue weighted by atomic mass is 32.1. The van der Waals surface area contributed by atoms with Crippen molar-refractivity contribution < 1.29 is 4.79 Å². The van der Waals surface area contributed by atoms with Crippen molar-refractivity contribution in [3.8, 4) is 0 Å². The summed E-state index contributed by atoms with van der Waals surface area (Å²) in [5.41, 5.74) is 7.30. The van der Waals surface area contributed by atoms with E-state index in [4.69, 9.17) is 18.0 Å². The third-order valence-electron chi connectivity index (χ3n) is 3.81. The molecule has 0 atom stereocenters. The van der Waals surface area contributed by atoms with Gasteiger partial charge in [-0.25, -0.2) is 0 Å². The van der Waals surface area contributed by atoms with Crippen LogP contribution in [0.25, 0.3) is 0 Å². The van der Waals surface area contributed by atoms with E-state index >= 15 is 0 Å². The second kappa shape index (κ2) is 6.89. The van der Waals surface area contributed by atoms with Crippen molar-refractivity contribution in [3.05, 3.63) is 11.3 Å². The number of nitrogens with one attached hydrogen (secondary N) is 1. The maximum atomic E-state index is 12.1. The molecule has 0 unspecified atom stereocenters. The number of hydrogen-bond acceptors (Lipinski definition) is 4. The summed E-state index contributed by atoms with van der Waals surface area (Å²) in [5, 5.41) is 7.55. The van der Waals surface area contributed by atoms with Crippen LogP contribution in [0.15, 0.2) is 0 Å². The molecule has 1 aliphatic heterocycles. The Balaban J connectivity index is 1.91. The Hall–Kier alpha value is -1.63. The van der Waals surface area contributed by atoms with Gasteiger partial charge in [0.25, 0.3) is 0 Å². The number of nitrogens with two attached hydrogens (primary N) is 1. The molecule has 1 saturated heterocycles. The van der Waals surface area contributed by atoms with Crippen molar-refractivity contribution >= 4 is 28.9 Å². The van der Waals surface area contributed by atoms with Gasteiger partial charge in [0.2, 0.25) is 5.91 Å². The summed E-state index contributed by atoms with van der Waals surface area (Å²) in [4.78, 5) is 14.4. The fraction of sp³-hybridized carbons (Fsp3) is 0.643. The summed E-state index contributed by atoms with van der Waals surface area (Å²) >= 11 is 5.06. The Morgan fingerprint density at radius 3 is 2.67 bits per heavy atom. The van der Waals surface area contributed by atoms with E-state index in [1.165, 1.54) is 6.42 Å².